The quantitative estimate of drug-likeness (QED) is 0.855. The highest BCUT2D eigenvalue weighted by Crippen LogP contribution is 2.11. The van der Waals surface area contributed by atoms with Gasteiger partial charge in [-0.1, -0.05) is 25.1 Å². The fourth-order valence-electron chi connectivity index (χ4n) is 1.52. The fourth-order valence-corrected chi connectivity index (χ4v) is 2.30. The molecular formula is C13H16N2S. The first-order chi connectivity index (χ1) is 7.88. The number of anilines is 1. The molecule has 0 spiro atoms. The van der Waals surface area contributed by atoms with E-state index in [2.05, 4.69) is 34.7 Å². The standard InChI is InChI=1S/C13H16N2S/c1-2-13-15-12(10-16-13)8-9-14-11-6-4-3-5-7-11/h3-7,10,14H,2,8-9H2,1H3. The van der Waals surface area contributed by atoms with E-state index in [0.717, 1.165) is 19.4 Å². The molecule has 2 rings (SSSR count). The topological polar surface area (TPSA) is 24.9 Å². The van der Waals surface area contributed by atoms with Crippen molar-refractivity contribution in [3.63, 3.8) is 0 Å². The molecule has 0 aliphatic heterocycles. The van der Waals surface area contributed by atoms with Crippen molar-refractivity contribution >= 4 is 17.0 Å². The fraction of sp³-hybridized carbons (Fsp3) is 0.308. The van der Waals surface area contributed by atoms with Crippen LogP contribution in [0.25, 0.3) is 0 Å². The molecule has 0 bridgehead atoms. The smallest absolute Gasteiger partial charge is 0.0925 e. The summed E-state index contributed by atoms with van der Waals surface area (Å²) in [5, 5.41) is 6.77. The molecule has 2 nitrogen and oxygen atoms in total. The normalized spacial score (nSPS) is 10.3. The zero-order chi connectivity index (χ0) is 11.2. The summed E-state index contributed by atoms with van der Waals surface area (Å²) in [5.74, 6) is 0. The molecule has 0 aliphatic carbocycles. The summed E-state index contributed by atoms with van der Waals surface area (Å²) in [4.78, 5) is 4.54. The second kappa shape index (κ2) is 5.66. The highest BCUT2D eigenvalue weighted by molar-refractivity contribution is 7.09. The summed E-state index contributed by atoms with van der Waals surface area (Å²) in [6, 6.07) is 10.3. The lowest BCUT2D eigenvalue weighted by Crippen LogP contribution is -2.04. The van der Waals surface area contributed by atoms with Gasteiger partial charge in [-0.05, 0) is 18.6 Å². The Hall–Kier alpha value is -1.35. The number of hydrogen-bond acceptors (Lipinski definition) is 3. The van der Waals surface area contributed by atoms with E-state index in [0.29, 0.717) is 0 Å². The van der Waals surface area contributed by atoms with E-state index >= 15 is 0 Å². The summed E-state index contributed by atoms with van der Waals surface area (Å²) in [6.45, 7) is 3.09. The molecule has 0 unspecified atom stereocenters. The number of nitrogens with one attached hydrogen (secondary N) is 1. The summed E-state index contributed by atoms with van der Waals surface area (Å²) in [6.07, 6.45) is 2.03. The number of nitrogens with zero attached hydrogens (tertiary/aromatic N) is 1. The van der Waals surface area contributed by atoms with Gasteiger partial charge in [-0.15, -0.1) is 11.3 Å². The molecule has 1 aromatic heterocycles. The predicted molar refractivity (Wildman–Crippen MR) is 70.1 cm³/mol. The van der Waals surface area contributed by atoms with Gasteiger partial charge in [0.2, 0.25) is 0 Å². The first-order valence-electron chi connectivity index (χ1n) is 5.60. The molecule has 0 radical (unpaired) electrons. The van der Waals surface area contributed by atoms with Gasteiger partial charge < -0.3 is 5.32 Å². The van der Waals surface area contributed by atoms with E-state index in [4.69, 9.17) is 0 Å². The number of benzene rings is 1. The highest BCUT2D eigenvalue weighted by atomic mass is 32.1. The van der Waals surface area contributed by atoms with Gasteiger partial charge in [0.1, 0.15) is 0 Å². The van der Waals surface area contributed by atoms with E-state index in [1.54, 1.807) is 11.3 Å². The predicted octanol–water partition coefficient (Wildman–Crippen LogP) is 3.36. The van der Waals surface area contributed by atoms with Crippen molar-refractivity contribution in [3.05, 3.63) is 46.4 Å². The Morgan fingerprint density at radius 2 is 2.06 bits per heavy atom. The molecule has 3 heteroatoms. The first-order valence-corrected chi connectivity index (χ1v) is 6.48. The Bertz CT molecular complexity index is 423. The highest BCUT2D eigenvalue weighted by Gasteiger charge is 1.99. The van der Waals surface area contributed by atoms with Crippen molar-refractivity contribution in [2.75, 3.05) is 11.9 Å². The van der Waals surface area contributed by atoms with Gasteiger partial charge in [-0.3, -0.25) is 0 Å². The van der Waals surface area contributed by atoms with Gasteiger partial charge in [0.05, 0.1) is 10.7 Å². The molecule has 16 heavy (non-hydrogen) atoms. The van der Waals surface area contributed by atoms with E-state index in [-0.39, 0.29) is 0 Å². The number of hydrogen-bond donors (Lipinski definition) is 1. The second-order valence-electron chi connectivity index (χ2n) is 3.63. The molecule has 2 aromatic rings. The lowest BCUT2D eigenvalue weighted by Gasteiger charge is -2.03. The van der Waals surface area contributed by atoms with E-state index < -0.39 is 0 Å². The Kier molecular flexibility index (Phi) is 3.94. The van der Waals surface area contributed by atoms with Crippen molar-refractivity contribution in [1.29, 1.82) is 0 Å². The molecule has 1 aromatic carbocycles. The molecule has 84 valence electrons. The summed E-state index contributed by atoms with van der Waals surface area (Å²) < 4.78 is 0. The zero-order valence-electron chi connectivity index (χ0n) is 9.44. The number of thiazole rings is 1. The van der Waals surface area contributed by atoms with Crippen LogP contribution in [-0.4, -0.2) is 11.5 Å². The van der Waals surface area contributed by atoms with Crippen LogP contribution >= 0.6 is 11.3 Å². The second-order valence-corrected chi connectivity index (χ2v) is 4.57. The van der Waals surface area contributed by atoms with Gasteiger partial charge in [0, 0.05) is 24.0 Å². The van der Waals surface area contributed by atoms with Crippen LogP contribution in [0.2, 0.25) is 0 Å². The Morgan fingerprint density at radius 1 is 1.25 bits per heavy atom. The Morgan fingerprint density at radius 3 is 2.75 bits per heavy atom. The maximum Gasteiger partial charge on any atom is 0.0925 e. The lowest BCUT2D eigenvalue weighted by atomic mass is 10.3. The monoisotopic (exact) mass is 232 g/mol. The van der Waals surface area contributed by atoms with Crippen molar-refractivity contribution in [1.82, 2.24) is 4.98 Å². The Balaban J connectivity index is 1.80. The minimum atomic E-state index is 0.941. The summed E-state index contributed by atoms with van der Waals surface area (Å²) in [7, 11) is 0. The van der Waals surface area contributed by atoms with Crippen molar-refractivity contribution in [3.8, 4) is 0 Å². The summed E-state index contributed by atoms with van der Waals surface area (Å²) >= 11 is 1.76. The van der Waals surface area contributed by atoms with Crippen LogP contribution in [0.4, 0.5) is 5.69 Å². The van der Waals surface area contributed by atoms with Crippen molar-refractivity contribution in [2.45, 2.75) is 19.8 Å². The third kappa shape index (κ3) is 3.07. The maximum atomic E-state index is 4.54. The average molecular weight is 232 g/mol. The van der Waals surface area contributed by atoms with Crippen LogP contribution in [0.1, 0.15) is 17.6 Å². The van der Waals surface area contributed by atoms with Crippen LogP contribution in [0.3, 0.4) is 0 Å². The van der Waals surface area contributed by atoms with E-state index in [1.807, 2.05) is 18.2 Å². The number of aryl methyl sites for hydroxylation is 1. The molecule has 0 atom stereocenters. The van der Waals surface area contributed by atoms with Crippen LogP contribution in [0.5, 0.6) is 0 Å². The van der Waals surface area contributed by atoms with Crippen molar-refractivity contribution in [2.24, 2.45) is 0 Å². The molecule has 1 heterocycles. The van der Waals surface area contributed by atoms with Gasteiger partial charge in [-0.25, -0.2) is 4.98 Å². The molecular weight excluding hydrogens is 216 g/mol. The zero-order valence-corrected chi connectivity index (χ0v) is 10.3. The van der Waals surface area contributed by atoms with Gasteiger partial charge in [0.25, 0.3) is 0 Å². The molecule has 1 N–H and O–H groups in total. The third-order valence-corrected chi connectivity index (χ3v) is 3.43. The van der Waals surface area contributed by atoms with Crippen LogP contribution in [0, 0.1) is 0 Å². The van der Waals surface area contributed by atoms with Crippen molar-refractivity contribution < 1.29 is 0 Å². The van der Waals surface area contributed by atoms with E-state index in [9.17, 15) is 0 Å². The number of rotatable bonds is 5. The largest absolute Gasteiger partial charge is 0.385 e. The maximum absolute atomic E-state index is 4.54. The Labute approximate surface area is 100 Å². The minimum absolute atomic E-state index is 0.941. The molecule has 0 fully saturated rings. The third-order valence-electron chi connectivity index (χ3n) is 2.39. The molecule has 0 aliphatic rings. The van der Waals surface area contributed by atoms with Crippen LogP contribution in [-0.2, 0) is 12.8 Å². The van der Waals surface area contributed by atoms with Gasteiger partial charge >= 0.3 is 0 Å². The molecule has 0 amide bonds. The number of aromatic nitrogens is 1. The molecule has 0 saturated carbocycles. The molecule has 0 saturated heterocycles. The van der Waals surface area contributed by atoms with Gasteiger partial charge in [0.15, 0.2) is 0 Å². The van der Waals surface area contributed by atoms with Gasteiger partial charge in [-0.2, -0.15) is 0 Å². The van der Waals surface area contributed by atoms with E-state index in [1.165, 1.54) is 16.4 Å². The number of para-hydroxylation sites is 1. The minimum Gasteiger partial charge on any atom is -0.385 e. The SMILES string of the molecule is CCc1nc(CCNc2ccccc2)cs1. The van der Waals surface area contributed by atoms with Crippen LogP contribution < -0.4 is 5.32 Å². The average Bonchev–Trinajstić information content (AvgIpc) is 2.78. The summed E-state index contributed by atoms with van der Waals surface area (Å²) in [5.41, 5.74) is 2.37. The van der Waals surface area contributed by atoms with Crippen LogP contribution in [0.15, 0.2) is 35.7 Å². The first kappa shape index (κ1) is 11.1. The lowest BCUT2D eigenvalue weighted by molar-refractivity contribution is 0.951.